The lowest BCUT2D eigenvalue weighted by atomic mass is 10.1. The Morgan fingerprint density at radius 3 is 2.84 bits per heavy atom. The van der Waals surface area contributed by atoms with Crippen molar-refractivity contribution in [2.24, 2.45) is 0 Å². The second-order valence-corrected chi connectivity index (χ2v) is 8.82. The number of nitrogens with zero attached hydrogens (tertiary/aromatic N) is 3. The zero-order chi connectivity index (χ0) is 21.8. The van der Waals surface area contributed by atoms with E-state index in [1.807, 2.05) is 30.5 Å². The van der Waals surface area contributed by atoms with Crippen molar-refractivity contribution in [1.29, 1.82) is 0 Å². The van der Waals surface area contributed by atoms with Gasteiger partial charge in [0.2, 0.25) is 0 Å². The maximum Gasteiger partial charge on any atom is 0.259 e. The molecule has 4 aromatic heterocycles. The number of benzene rings is 2. The lowest BCUT2D eigenvalue weighted by molar-refractivity contribution is 1.18. The molecule has 6 aromatic rings. The van der Waals surface area contributed by atoms with Crippen LogP contribution < -0.4 is 5.56 Å². The van der Waals surface area contributed by atoms with Crippen molar-refractivity contribution in [3.8, 4) is 35.1 Å². The Balaban J connectivity index is 1.60. The lowest BCUT2D eigenvalue weighted by Gasteiger charge is -2.05. The van der Waals surface area contributed by atoms with E-state index >= 15 is 0 Å². The molecule has 0 saturated heterocycles. The number of aromatic nitrogens is 5. The summed E-state index contributed by atoms with van der Waals surface area (Å²) in [4.78, 5) is 33.7. The van der Waals surface area contributed by atoms with Gasteiger partial charge in [0.05, 0.1) is 22.0 Å². The second-order valence-electron chi connectivity index (χ2n) is 7.20. The predicted molar refractivity (Wildman–Crippen MR) is 129 cm³/mol. The number of terminal acetylenes is 1. The highest BCUT2D eigenvalue weighted by Gasteiger charge is 2.22. The summed E-state index contributed by atoms with van der Waals surface area (Å²) in [5, 5.41) is 2.20. The van der Waals surface area contributed by atoms with Crippen LogP contribution in [0.1, 0.15) is 5.56 Å². The second kappa shape index (κ2) is 7.02. The van der Waals surface area contributed by atoms with E-state index in [4.69, 9.17) is 23.0 Å². The molecule has 0 aliphatic rings. The van der Waals surface area contributed by atoms with Crippen molar-refractivity contribution in [3.63, 3.8) is 0 Å². The number of hydrogen-bond acceptors (Lipinski definition) is 5. The number of aromatic amines is 2. The third-order valence-corrected chi connectivity index (χ3v) is 6.65. The van der Waals surface area contributed by atoms with E-state index in [0.29, 0.717) is 38.0 Å². The van der Waals surface area contributed by atoms with Gasteiger partial charge in [0, 0.05) is 34.3 Å². The number of fused-ring (bicyclic) bond motifs is 3. The van der Waals surface area contributed by atoms with Gasteiger partial charge in [0.1, 0.15) is 15.0 Å². The highest BCUT2D eigenvalue weighted by atomic mass is 35.5. The summed E-state index contributed by atoms with van der Waals surface area (Å²) < 4.78 is 0.511. The van der Waals surface area contributed by atoms with Crippen LogP contribution in [0.4, 0.5) is 0 Å². The van der Waals surface area contributed by atoms with Crippen LogP contribution in [0, 0.1) is 12.3 Å². The molecule has 4 heterocycles. The molecule has 0 aliphatic carbocycles. The molecule has 0 aliphatic heterocycles. The molecule has 152 valence electrons. The molecule has 0 spiro atoms. The minimum absolute atomic E-state index is 0.281. The molecule has 0 bridgehead atoms. The number of H-pyrrole nitrogens is 2. The molecule has 0 saturated carbocycles. The monoisotopic (exact) mass is 453 g/mol. The van der Waals surface area contributed by atoms with Crippen molar-refractivity contribution >= 4 is 55.0 Å². The molecular weight excluding hydrogens is 442 g/mol. The van der Waals surface area contributed by atoms with Gasteiger partial charge in [-0.15, -0.1) is 17.8 Å². The van der Waals surface area contributed by atoms with Gasteiger partial charge in [-0.1, -0.05) is 35.7 Å². The molecule has 0 fully saturated rings. The average Bonchev–Trinajstić information content (AvgIpc) is 3.36. The van der Waals surface area contributed by atoms with Crippen LogP contribution in [0.3, 0.4) is 0 Å². The molecule has 0 unspecified atom stereocenters. The van der Waals surface area contributed by atoms with Gasteiger partial charge in [-0.2, -0.15) is 0 Å². The molecule has 32 heavy (non-hydrogen) atoms. The Labute approximate surface area is 190 Å². The highest BCUT2D eigenvalue weighted by Crippen LogP contribution is 2.44. The van der Waals surface area contributed by atoms with Gasteiger partial charge in [-0.25, -0.2) is 15.0 Å². The third-order valence-electron chi connectivity index (χ3n) is 5.32. The summed E-state index contributed by atoms with van der Waals surface area (Å²) in [5.74, 6) is 3.48. The largest absolute Gasteiger partial charge is 0.352 e. The predicted octanol–water partition coefficient (Wildman–Crippen LogP) is 5.38. The van der Waals surface area contributed by atoms with E-state index in [1.54, 1.807) is 24.4 Å². The Morgan fingerprint density at radius 2 is 1.97 bits per heavy atom. The van der Waals surface area contributed by atoms with E-state index in [9.17, 15) is 4.79 Å². The van der Waals surface area contributed by atoms with Gasteiger partial charge < -0.3 is 9.97 Å². The molecule has 0 atom stereocenters. The van der Waals surface area contributed by atoms with Crippen molar-refractivity contribution in [2.45, 2.75) is 0 Å². The fraction of sp³-hybridized carbons (Fsp3) is 0. The van der Waals surface area contributed by atoms with Crippen LogP contribution in [-0.4, -0.2) is 24.9 Å². The normalized spacial score (nSPS) is 11.4. The molecule has 8 heteroatoms. The molecule has 2 aromatic carbocycles. The standard InChI is InChI=1S/C24H12ClN5OS/c1-2-12-7-8-17-14(9-12)23(31)30-22(29-17)19-18-15(11-27-24(18)32-20(19)25)21-26-10-13-5-3-4-6-16(13)28-21/h1,3-11,27H,(H,29,30,31). The van der Waals surface area contributed by atoms with Crippen LogP contribution in [-0.2, 0) is 0 Å². The first-order chi connectivity index (χ1) is 15.6. The summed E-state index contributed by atoms with van der Waals surface area (Å²) in [6.45, 7) is 0. The van der Waals surface area contributed by atoms with E-state index < -0.39 is 0 Å². The number of para-hydroxylation sites is 1. The molecule has 2 N–H and O–H groups in total. The molecule has 6 rings (SSSR count). The van der Waals surface area contributed by atoms with Crippen molar-refractivity contribution in [3.05, 3.63) is 75.1 Å². The van der Waals surface area contributed by atoms with Crippen LogP contribution in [0.2, 0.25) is 4.34 Å². The van der Waals surface area contributed by atoms with E-state index in [2.05, 4.69) is 25.9 Å². The SMILES string of the molecule is C#Cc1ccc2nc(-c3c(Cl)sc4[nH]cc(-c5ncc6ccccc6n5)c34)[nH]c(=O)c2c1. The molecular formula is C24H12ClN5OS. The maximum absolute atomic E-state index is 12.8. The fourth-order valence-electron chi connectivity index (χ4n) is 3.81. The minimum atomic E-state index is -0.281. The molecule has 0 amide bonds. The summed E-state index contributed by atoms with van der Waals surface area (Å²) >= 11 is 7.99. The van der Waals surface area contributed by atoms with Gasteiger partial charge in [0.25, 0.3) is 5.56 Å². The van der Waals surface area contributed by atoms with Crippen LogP contribution >= 0.6 is 22.9 Å². The van der Waals surface area contributed by atoms with Gasteiger partial charge in [-0.05, 0) is 24.3 Å². The maximum atomic E-state index is 12.8. The Bertz CT molecular complexity index is 1790. The minimum Gasteiger partial charge on any atom is -0.352 e. The summed E-state index contributed by atoms with van der Waals surface area (Å²) in [6, 6.07) is 12.9. The number of halogens is 1. The number of hydrogen-bond donors (Lipinski definition) is 2. The fourth-order valence-corrected chi connectivity index (χ4v) is 5.14. The smallest absolute Gasteiger partial charge is 0.259 e. The van der Waals surface area contributed by atoms with Crippen molar-refractivity contribution in [1.82, 2.24) is 24.9 Å². The van der Waals surface area contributed by atoms with Gasteiger partial charge in [0.15, 0.2) is 5.82 Å². The van der Waals surface area contributed by atoms with E-state index in [1.165, 1.54) is 11.3 Å². The van der Waals surface area contributed by atoms with Crippen molar-refractivity contribution < 1.29 is 0 Å². The Hall–Kier alpha value is -3.99. The third kappa shape index (κ3) is 2.82. The Morgan fingerprint density at radius 1 is 1.09 bits per heavy atom. The quantitative estimate of drug-likeness (QED) is 0.345. The van der Waals surface area contributed by atoms with Crippen LogP contribution in [0.25, 0.3) is 54.8 Å². The first-order valence-corrected chi connectivity index (χ1v) is 10.8. The first kappa shape index (κ1) is 18.8. The number of rotatable bonds is 2. The van der Waals surface area contributed by atoms with Crippen LogP contribution in [0.15, 0.2) is 59.7 Å². The average molecular weight is 454 g/mol. The van der Waals surface area contributed by atoms with Gasteiger partial charge in [-0.3, -0.25) is 4.79 Å². The highest BCUT2D eigenvalue weighted by molar-refractivity contribution is 7.23. The summed E-state index contributed by atoms with van der Waals surface area (Å²) in [5.41, 5.74) is 3.15. The summed E-state index contributed by atoms with van der Waals surface area (Å²) in [6.07, 6.45) is 9.11. The lowest BCUT2D eigenvalue weighted by Crippen LogP contribution is -2.09. The number of thiophene rings is 1. The zero-order valence-corrected chi connectivity index (χ0v) is 17.9. The zero-order valence-electron chi connectivity index (χ0n) is 16.3. The molecule has 0 radical (unpaired) electrons. The van der Waals surface area contributed by atoms with Crippen molar-refractivity contribution in [2.75, 3.05) is 0 Å². The summed E-state index contributed by atoms with van der Waals surface area (Å²) in [7, 11) is 0. The Kier molecular flexibility index (Phi) is 4.12. The van der Waals surface area contributed by atoms with E-state index in [-0.39, 0.29) is 5.56 Å². The molecule has 6 nitrogen and oxygen atoms in total. The first-order valence-electron chi connectivity index (χ1n) is 9.65. The van der Waals surface area contributed by atoms with E-state index in [0.717, 1.165) is 26.7 Å². The number of nitrogens with one attached hydrogen (secondary N) is 2. The van der Waals surface area contributed by atoms with Gasteiger partial charge >= 0.3 is 0 Å². The topological polar surface area (TPSA) is 87.3 Å². The van der Waals surface area contributed by atoms with Crippen LogP contribution in [0.5, 0.6) is 0 Å².